The molecule has 1 rings (SSSR count). The second kappa shape index (κ2) is 3.86. The molecule has 0 fully saturated rings. The highest BCUT2D eigenvalue weighted by Crippen LogP contribution is 2.12. The van der Waals surface area contributed by atoms with Crippen molar-refractivity contribution >= 4 is 15.9 Å². The molecule has 0 radical (unpaired) electrons. The number of aromatic nitrogens is 1. The Bertz CT molecular complexity index is 225. The van der Waals surface area contributed by atoms with Gasteiger partial charge in [-0.1, -0.05) is 15.9 Å². The maximum absolute atomic E-state index is 4.11. The molecule has 0 unspecified atom stereocenters. The molecule has 60 valence electrons. The van der Waals surface area contributed by atoms with E-state index in [1.807, 2.05) is 12.4 Å². The van der Waals surface area contributed by atoms with Gasteiger partial charge in [0.15, 0.2) is 0 Å². The van der Waals surface area contributed by atoms with Crippen LogP contribution in [0.4, 0.5) is 0 Å². The molecule has 0 saturated carbocycles. The van der Waals surface area contributed by atoms with E-state index in [9.17, 15) is 0 Å². The molecule has 11 heavy (non-hydrogen) atoms. The first kappa shape index (κ1) is 8.72. The molecule has 1 nitrogen and oxygen atoms in total. The summed E-state index contributed by atoms with van der Waals surface area (Å²) >= 11 is 3.43. The lowest BCUT2D eigenvalue weighted by atomic mass is 10.0. The summed E-state index contributed by atoms with van der Waals surface area (Å²) in [5.74, 6) is 0. The first-order valence-electron chi connectivity index (χ1n) is 3.71. The molecule has 1 heterocycles. The van der Waals surface area contributed by atoms with Crippen molar-refractivity contribution in [2.45, 2.75) is 20.3 Å². The topological polar surface area (TPSA) is 12.9 Å². The molecule has 1 aromatic rings. The van der Waals surface area contributed by atoms with Gasteiger partial charge in [-0.2, -0.15) is 0 Å². The van der Waals surface area contributed by atoms with Gasteiger partial charge in [0.2, 0.25) is 0 Å². The van der Waals surface area contributed by atoms with Crippen LogP contribution in [0, 0.1) is 13.8 Å². The lowest BCUT2D eigenvalue weighted by molar-refractivity contribution is 1.06. The third kappa shape index (κ3) is 2.03. The number of nitrogens with zero attached hydrogens (tertiary/aromatic N) is 1. The predicted octanol–water partition coefficient (Wildman–Crippen LogP) is 2.64. The monoisotopic (exact) mass is 213 g/mol. The molecule has 0 aromatic carbocycles. The quantitative estimate of drug-likeness (QED) is 0.689. The minimum absolute atomic E-state index is 1.03. The van der Waals surface area contributed by atoms with E-state index in [1.54, 1.807) is 0 Å². The molecule has 0 saturated heterocycles. The van der Waals surface area contributed by atoms with E-state index < -0.39 is 0 Å². The lowest BCUT2D eigenvalue weighted by Gasteiger charge is -2.05. The summed E-state index contributed by atoms with van der Waals surface area (Å²) in [6, 6.07) is 0. The molecule has 0 bridgehead atoms. The van der Waals surface area contributed by atoms with E-state index >= 15 is 0 Å². The fourth-order valence-electron chi connectivity index (χ4n) is 1.22. The summed E-state index contributed by atoms with van der Waals surface area (Å²) in [5, 5.41) is 1.03. The molecule has 1 aromatic heterocycles. The highest BCUT2D eigenvalue weighted by atomic mass is 79.9. The Kier molecular flexibility index (Phi) is 3.06. The van der Waals surface area contributed by atoms with Crippen LogP contribution in [0.15, 0.2) is 12.4 Å². The van der Waals surface area contributed by atoms with Gasteiger partial charge in [0.1, 0.15) is 0 Å². The average molecular weight is 214 g/mol. The predicted molar refractivity (Wildman–Crippen MR) is 51.2 cm³/mol. The van der Waals surface area contributed by atoms with Gasteiger partial charge >= 0.3 is 0 Å². The maximum atomic E-state index is 4.11. The zero-order chi connectivity index (χ0) is 8.27. The summed E-state index contributed by atoms with van der Waals surface area (Å²) in [7, 11) is 0. The number of rotatable bonds is 2. The normalized spacial score (nSPS) is 10.1. The Morgan fingerprint density at radius 2 is 1.82 bits per heavy atom. The van der Waals surface area contributed by atoms with Crippen LogP contribution in [-0.2, 0) is 6.42 Å². The van der Waals surface area contributed by atoms with Crippen molar-refractivity contribution in [3.8, 4) is 0 Å². The van der Waals surface area contributed by atoms with Gasteiger partial charge in [-0.05, 0) is 37.0 Å². The van der Waals surface area contributed by atoms with Crippen molar-refractivity contribution in [2.24, 2.45) is 0 Å². The van der Waals surface area contributed by atoms with Crippen LogP contribution in [-0.4, -0.2) is 10.3 Å². The molecular weight excluding hydrogens is 202 g/mol. The van der Waals surface area contributed by atoms with Crippen LogP contribution in [0.25, 0.3) is 0 Å². The molecule has 0 aliphatic heterocycles. The van der Waals surface area contributed by atoms with Gasteiger partial charge in [-0.25, -0.2) is 0 Å². The third-order valence-corrected chi connectivity index (χ3v) is 2.23. The van der Waals surface area contributed by atoms with Gasteiger partial charge in [0, 0.05) is 17.7 Å². The number of hydrogen-bond acceptors (Lipinski definition) is 1. The smallest absolute Gasteiger partial charge is 0.0300 e. The standard InChI is InChI=1S/C9H12BrN/c1-7-5-11-6-8(2)9(7)3-4-10/h5-6H,3-4H2,1-2H3. The van der Waals surface area contributed by atoms with Crippen LogP contribution in [0.3, 0.4) is 0 Å². The number of aryl methyl sites for hydroxylation is 2. The summed E-state index contributed by atoms with van der Waals surface area (Å²) < 4.78 is 0. The van der Waals surface area contributed by atoms with Crippen LogP contribution in [0.5, 0.6) is 0 Å². The summed E-state index contributed by atoms with van der Waals surface area (Å²) in [6.45, 7) is 4.22. The summed E-state index contributed by atoms with van der Waals surface area (Å²) in [5.41, 5.74) is 4.02. The highest BCUT2D eigenvalue weighted by Gasteiger charge is 2.00. The van der Waals surface area contributed by atoms with Gasteiger partial charge in [-0.15, -0.1) is 0 Å². The summed E-state index contributed by atoms with van der Waals surface area (Å²) in [4.78, 5) is 4.11. The second-order valence-electron chi connectivity index (χ2n) is 2.69. The molecule has 2 heteroatoms. The van der Waals surface area contributed by atoms with Gasteiger partial charge < -0.3 is 0 Å². The maximum Gasteiger partial charge on any atom is 0.0300 e. The van der Waals surface area contributed by atoms with Crippen LogP contribution < -0.4 is 0 Å². The van der Waals surface area contributed by atoms with Gasteiger partial charge in [0.05, 0.1) is 0 Å². The average Bonchev–Trinajstić information content (AvgIpc) is 1.97. The fourth-order valence-corrected chi connectivity index (χ4v) is 1.61. The van der Waals surface area contributed by atoms with Crippen LogP contribution in [0.2, 0.25) is 0 Å². The van der Waals surface area contributed by atoms with E-state index in [4.69, 9.17) is 0 Å². The minimum Gasteiger partial charge on any atom is -0.264 e. The van der Waals surface area contributed by atoms with Crippen molar-refractivity contribution in [2.75, 3.05) is 5.33 Å². The minimum atomic E-state index is 1.03. The van der Waals surface area contributed by atoms with Gasteiger partial charge in [0.25, 0.3) is 0 Å². The van der Waals surface area contributed by atoms with Crippen molar-refractivity contribution < 1.29 is 0 Å². The van der Waals surface area contributed by atoms with E-state index in [2.05, 4.69) is 34.8 Å². The van der Waals surface area contributed by atoms with Crippen molar-refractivity contribution in [3.63, 3.8) is 0 Å². The number of hydrogen-bond donors (Lipinski definition) is 0. The Balaban J connectivity index is 3.00. The van der Waals surface area contributed by atoms with E-state index in [0.29, 0.717) is 0 Å². The number of alkyl halides is 1. The highest BCUT2D eigenvalue weighted by molar-refractivity contribution is 9.09. The van der Waals surface area contributed by atoms with Crippen molar-refractivity contribution in [3.05, 3.63) is 29.1 Å². The zero-order valence-corrected chi connectivity index (χ0v) is 8.48. The van der Waals surface area contributed by atoms with E-state index in [1.165, 1.54) is 16.7 Å². The zero-order valence-electron chi connectivity index (χ0n) is 6.89. The largest absolute Gasteiger partial charge is 0.264 e. The number of pyridine rings is 1. The van der Waals surface area contributed by atoms with Crippen molar-refractivity contribution in [1.82, 2.24) is 4.98 Å². The summed E-state index contributed by atoms with van der Waals surface area (Å²) in [6.07, 6.45) is 4.94. The van der Waals surface area contributed by atoms with Crippen LogP contribution >= 0.6 is 15.9 Å². The molecule has 0 aliphatic rings. The third-order valence-electron chi connectivity index (χ3n) is 1.83. The Hall–Kier alpha value is -0.370. The van der Waals surface area contributed by atoms with Gasteiger partial charge in [-0.3, -0.25) is 4.98 Å². The Morgan fingerprint density at radius 1 is 1.27 bits per heavy atom. The van der Waals surface area contributed by atoms with E-state index in [0.717, 1.165) is 11.8 Å². The Labute approximate surface area is 76.0 Å². The molecule has 0 amide bonds. The molecule has 0 N–H and O–H groups in total. The lowest BCUT2D eigenvalue weighted by Crippen LogP contribution is -1.95. The molecule has 0 aliphatic carbocycles. The Morgan fingerprint density at radius 3 is 2.27 bits per heavy atom. The number of halogens is 1. The van der Waals surface area contributed by atoms with Crippen LogP contribution in [0.1, 0.15) is 16.7 Å². The molecule has 0 spiro atoms. The fraction of sp³-hybridized carbons (Fsp3) is 0.444. The first-order chi connectivity index (χ1) is 5.25. The van der Waals surface area contributed by atoms with E-state index in [-0.39, 0.29) is 0 Å². The molecule has 0 atom stereocenters. The molecular formula is C9H12BrN. The SMILES string of the molecule is Cc1cncc(C)c1CCBr. The first-order valence-corrected chi connectivity index (χ1v) is 4.84. The second-order valence-corrected chi connectivity index (χ2v) is 3.48. The van der Waals surface area contributed by atoms with Crippen molar-refractivity contribution in [1.29, 1.82) is 0 Å².